The summed E-state index contributed by atoms with van der Waals surface area (Å²) in [5, 5.41) is 24.3. The second-order valence-electron chi connectivity index (χ2n) is 9.26. The Balaban J connectivity index is 1.58. The van der Waals surface area contributed by atoms with Crippen LogP contribution in [-0.2, 0) is 22.4 Å². The number of benzene rings is 1. The van der Waals surface area contributed by atoms with Crippen molar-refractivity contribution in [1.82, 2.24) is 9.78 Å². The minimum absolute atomic E-state index is 0.0634. The Hall–Kier alpha value is -2.48. The van der Waals surface area contributed by atoms with Crippen LogP contribution in [0.4, 0.5) is 0 Å². The molecule has 3 aliphatic rings. The predicted molar refractivity (Wildman–Crippen MR) is 123 cm³/mol. The summed E-state index contributed by atoms with van der Waals surface area (Å²) in [6, 6.07) is 5.50. The second kappa shape index (κ2) is 9.05. The van der Waals surface area contributed by atoms with Crippen molar-refractivity contribution in [3.05, 3.63) is 57.4 Å². The van der Waals surface area contributed by atoms with Crippen LogP contribution in [0.25, 0.3) is 5.57 Å². The molecule has 1 aromatic heterocycles. The lowest BCUT2D eigenvalue weighted by Crippen LogP contribution is -2.29. The van der Waals surface area contributed by atoms with Crippen LogP contribution in [0, 0.1) is 11.8 Å². The minimum atomic E-state index is -0.773. The molecule has 8 heteroatoms. The summed E-state index contributed by atoms with van der Waals surface area (Å²) < 4.78 is 6.83. The number of carboxylic acid groups (broad SMARTS) is 1. The van der Waals surface area contributed by atoms with Gasteiger partial charge in [-0.05, 0) is 61.6 Å². The highest BCUT2D eigenvalue weighted by atomic mass is 35.5. The van der Waals surface area contributed by atoms with Crippen LogP contribution >= 0.6 is 11.6 Å². The maximum absolute atomic E-state index is 13.9. The fraction of sp³-hybridized carbons (Fsp3) is 0.480. The third-order valence-electron chi connectivity index (χ3n) is 7.23. The first-order chi connectivity index (χ1) is 16.0. The number of halogens is 1. The first-order valence-corrected chi connectivity index (χ1v) is 11.9. The zero-order valence-corrected chi connectivity index (χ0v) is 19.1. The first kappa shape index (κ1) is 22.3. The van der Waals surface area contributed by atoms with E-state index >= 15 is 0 Å². The molecular formula is C25H27ClN2O5. The molecule has 0 amide bonds. The maximum atomic E-state index is 13.9. The topological polar surface area (TPSA) is 102 Å². The number of hydrogen-bond acceptors (Lipinski definition) is 5. The number of carboxylic acids is 1. The molecule has 1 fully saturated rings. The standard InChI is InChI=1S/C25H27ClN2O5/c26-20-3-1-2-18(17-12-33-13-17)22(20)24(30)28-21-10-14(11-29)4-9-19(21)23(27-28)15-5-7-16(8-6-15)25(31)32/h1-3,5,14,16-17,29H,4,6-13H2,(H,31,32). The molecule has 0 spiro atoms. The van der Waals surface area contributed by atoms with E-state index in [-0.39, 0.29) is 30.3 Å². The van der Waals surface area contributed by atoms with Crippen molar-refractivity contribution in [1.29, 1.82) is 0 Å². The van der Waals surface area contributed by atoms with Gasteiger partial charge in [-0.15, -0.1) is 0 Å². The Labute approximate surface area is 197 Å². The van der Waals surface area contributed by atoms with Crippen LogP contribution in [0.1, 0.15) is 64.5 Å². The third kappa shape index (κ3) is 4.03. The molecule has 2 aliphatic carbocycles. The number of hydrogen-bond donors (Lipinski definition) is 2. The molecule has 0 saturated carbocycles. The molecule has 2 heterocycles. The van der Waals surface area contributed by atoms with Gasteiger partial charge in [0.25, 0.3) is 5.91 Å². The molecule has 2 unspecified atom stereocenters. The lowest BCUT2D eigenvalue weighted by molar-refractivity contribution is -0.141. The van der Waals surface area contributed by atoms with Crippen LogP contribution in [0.3, 0.4) is 0 Å². The van der Waals surface area contributed by atoms with E-state index in [9.17, 15) is 19.8 Å². The number of aliphatic carboxylic acids is 1. The second-order valence-corrected chi connectivity index (χ2v) is 9.67. The molecule has 0 radical (unpaired) electrons. The number of nitrogens with zero attached hydrogens (tertiary/aromatic N) is 2. The molecule has 0 bridgehead atoms. The van der Waals surface area contributed by atoms with Crippen molar-refractivity contribution < 1.29 is 24.5 Å². The highest BCUT2D eigenvalue weighted by Crippen LogP contribution is 2.38. The molecule has 1 aromatic carbocycles. The van der Waals surface area contributed by atoms with Crippen molar-refractivity contribution in [3.63, 3.8) is 0 Å². The van der Waals surface area contributed by atoms with E-state index in [0.717, 1.165) is 40.9 Å². The summed E-state index contributed by atoms with van der Waals surface area (Å²) in [6.07, 6.45) is 5.75. The lowest BCUT2D eigenvalue weighted by Gasteiger charge is -2.28. The summed E-state index contributed by atoms with van der Waals surface area (Å²) in [4.78, 5) is 25.2. The number of fused-ring (bicyclic) bond motifs is 1. The number of carbonyl (C=O) groups is 2. The fourth-order valence-corrected chi connectivity index (χ4v) is 5.43. The summed E-state index contributed by atoms with van der Waals surface area (Å²) in [6.45, 7) is 1.19. The molecule has 1 aliphatic heterocycles. The minimum Gasteiger partial charge on any atom is -0.481 e. The molecule has 2 atom stereocenters. The van der Waals surface area contributed by atoms with Gasteiger partial charge < -0.3 is 14.9 Å². The Morgan fingerprint density at radius 3 is 2.67 bits per heavy atom. The van der Waals surface area contributed by atoms with Crippen molar-refractivity contribution in [2.45, 2.75) is 44.4 Å². The number of aliphatic hydroxyl groups excluding tert-OH is 1. The molecule has 2 N–H and O–H groups in total. The molecule has 7 nitrogen and oxygen atoms in total. The summed E-state index contributed by atoms with van der Waals surface area (Å²) in [5.74, 6) is -1.19. The molecular weight excluding hydrogens is 444 g/mol. The van der Waals surface area contributed by atoms with E-state index in [2.05, 4.69) is 0 Å². The van der Waals surface area contributed by atoms with Crippen molar-refractivity contribution in [3.8, 4) is 0 Å². The van der Waals surface area contributed by atoms with Gasteiger partial charge in [0.2, 0.25) is 0 Å². The fourth-order valence-electron chi connectivity index (χ4n) is 5.16. The predicted octanol–water partition coefficient (Wildman–Crippen LogP) is 3.70. The van der Waals surface area contributed by atoms with Gasteiger partial charge in [-0.1, -0.05) is 29.8 Å². The first-order valence-electron chi connectivity index (χ1n) is 11.5. The zero-order chi connectivity index (χ0) is 23.1. The van der Waals surface area contributed by atoms with E-state index < -0.39 is 5.97 Å². The Morgan fingerprint density at radius 1 is 1.21 bits per heavy atom. The molecule has 1 saturated heterocycles. The average molecular weight is 471 g/mol. The van der Waals surface area contributed by atoms with Gasteiger partial charge >= 0.3 is 5.97 Å². The van der Waals surface area contributed by atoms with Crippen molar-refractivity contribution in [2.24, 2.45) is 11.8 Å². The monoisotopic (exact) mass is 470 g/mol. The Morgan fingerprint density at radius 2 is 2.03 bits per heavy atom. The van der Waals surface area contributed by atoms with Gasteiger partial charge in [-0.2, -0.15) is 9.78 Å². The van der Waals surface area contributed by atoms with Crippen molar-refractivity contribution >= 4 is 29.1 Å². The van der Waals surface area contributed by atoms with Gasteiger partial charge in [0.1, 0.15) is 0 Å². The highest BCUT2D eigenvalue weighted by Gasteiger charge is 2.34. The number of carbonyl (C=O) groups excluding carboxylic acids is 1. The molecule has 33 heavy (non-hydrogen) atoms. The summed E-state index contributed by atoms with van der Waals surface area (Å²) >= 11 is 6.53. The van der Waals surface area contributed by atoms with Crippen LogP contribution in [0.15, 0.2) is 24.3 Å². The maximum Gasteiger partial charge on any atom is 0.306 e. The van der Waals surface area contributed by atoms with E-state index in [1.165, 1.54) is 4.68 Å². The average Bonchev–Trinajstić information content (AvgIpc) is 3.16. The van der Waals surface area contributed by atoms with Gasteiger partial charge in [-0.3, -0.25) is 9.59 Å². The SMILES string of the molecule is O=C(O)C1CC=C(c2nn(C(=O)c3c(Cl)cccc3C3COC3)c3c2CCC(CO)C3)CC1. The van der Waals surface area contributed by atoms with Gasteiger partial charge in [0.05, 0.1) is 41.1 Å². The smallest absolute Gasteiger partial charge is 0.306 e. The van der Waals surface area contributed by atoms with Crippen LogP contribution in [-0.4, -0.2) is 51.7 Å². The number of rotatable bonds is 5. The number of ether oxygens (including phenoxy) is 1. The molecule has 5 rings (SSSR count). The van der Waals surface area contributed by atoms with Gasteiger partial charge in [0.15, 0.2) is 0 Å². The van der Waals surface area contributed by atoms with E-state index in [0.29, 0.717) is 49.5 Å². The Kier molecular flexibility index (Phi) is 6.12. The zero-order valence-electron chi connectivity index (χ0n) is 18.3. The number of aliphatic hydroxyl groups is 1. The lowest BCUT2D eigenvalue weighted by atomic mass is 9.83. The van der Waals surface area contributed by atoms with E-state index in [1.54, 1.807) is 6.07 Å². The Bertz CT molecular complexity index is 1130. The molecule has 174 valence electrons. The largest absolute Gasteiger partial charge is 0.481 e. The summed E-state index contributed by atoms with van der Waals surface area (Å²) in [5.41, 5.74) is 4.99. The van der Waals surface area contributed by atoms with E-state index in [4.69, 9.17) is 21.4 Å². The van der Waals surface area contributed by atoms with Gasteiger partial charge in [0, 0.05) is 18.1 Å². The van der Waals surface area contributed by atoms with Crippen molar-refractivity contribution in [2.75, 3.05) is 19.8 Å². The molecule has 2 aromatic rings. The number of allylic oxidation sites excluding steroid dienone is 2. The van der Waals surface area contributed by atoms with Crippen LogP contribution < -0.4 is 0 Å². The highest BCUT2D eigenvalue weighted by molar-refractivity contribution is 6.34. The third-order valence-corrected chi connectivity index (χ3v) is 7.54. The van der Waals surface area contributed by atoms with Crippen LogP contribution in [0.2, 0.25) is 5.02 Å². The number of aromatic nitrogens is 2. The quantitative estimate of drug-likeness (QED) is 0.690. The van der Waals surface area contributed by atoms with Gasteiger partial charge in [-0.25, -0.2) is 0 Å². The van der Waals surface area contributed by atoms with E-state index in [1.807, 2.05) is 18.2 Å². The summed E-state index contributed by atoms with van der Waals surface area (Å²) in [7, 11) is 0. The normalized spacial score (nSPS) is 22.9. The van der Waals surface area contributed by atoms with Crippen LogP contribution in [0.5, 0.6) is 0 Å².